The second-order valence-corrected chi connectivity index (χ2v) is 6.51. The summed E-state index contributed by atoms with van der Waals surface area (Å²) in [6, 6.07) is 4.31. The summed E-state index contributed by atoms with van der Waals surface area (Å²) < 4.78 is 0. The molecular formula is C14H21N3S. The van der Waals surface area contributed by atoms with Crippen LogP contribution in [0, 0.1) is 0 Å². The molecule has 0 radical (unpaired) electrons. The second kappa shape index (κ2) is 4.92. The predicted molar refractivity (Wildman–Crippen MR) is 76.8 cm³/mol. The third kappa shape index (κ3) is 2.14. The quantitative estimate of drug-likeness (QED) is 0.891. The Hall–Kier alpha value is -1.03. The fourth-order valence-electron chi connectivity index (χ4n) is 3.26. The molecule has 0 amide bonds. The maximum Gasteiger partial charge on any atom is 0.192 e. The summed E-state index contributed by atoms with van der Waals surface area (Å²) in [6.07, 6.45) is 7.89. The van der Waals surface area contributed by atoms with E-state index in [0.29, 0.717) is 0 Å². The highest BCUT2D eigenvalue weighted by Crippen LogP contribution is 2.37. The molecule has 3 nitrogen and oxygen atoms in total. The van der Waals surface area contributed by atoms with Crippen molar-refractivity contribution >= 4 is 17.3 Å². The van der Waals surface area contributed by atoms with Crippen molar-refractivity contribution in [2.24, 2.45) is 10.7 Å². The van der Waals surface area contributed by atoms with Gasteiger partial charge in [0.2, 0.25) is 0 Å². The summed E-state index contributed by atoms with van der Waals surface area (Å²) in [4.78, 5) is 8.31. The van der Waals surface area contributed by atoms with Crippen molar-refractivity contribution in [2.75, 3.05) is 6.54 Å². The highest BCUT2D eigenvalue weighted by Gasteiger charge is 2.41. The highest BCUT2D eigenvalue weighted by atomic mass is 32.1. The predicted octanol–water partition coefficient (Wildman–Crippen LogP) is 2.97. The number of nitrogens with zero attached hydrogens (tertiary/aromatic N) is 2. The Labute approximate surface area is 113 Å². The first-order valence-corrected chi connectivity index (χ1v) is 7.78. The molecule has 0 atom stereocenters. The molecule has 1 aliphatic heterocycles. The van der Waals surface area contributed by atoms with Gasteiger partial charge >= 0.3 is 0 Å². The molecule has 18 heavy (non-hydrogen) atoms. The zero-order chi connectivity index (χ0) is 12.4. The fourth-order valence-corrected chi connectivity index (χ4v) is 3.96. The van der Waals surface area contributed by atoms with Gasteiger partial charge < -0.3 is 10.6 Å². The molecule has 2 heterocycles. The molecule has 1 fully saturated rings. The fraction of sp³-hybridized carbons (Fsp3) is 0.643. The van der Waals surface area contributed by atoms with Crippen molar-refractivity contribution in [3.8, 4) is 0 Å². The number of thiophene rings is 1. The maximum absolute atomic E-state index is 6.13. The molecule has 0 saturated heterocycles. The van der Waals surface area contributed by atoms with Gasteiger partial charge in [0.05, 0.1) is 18.6 Å². The summed E-state index contributed by atoms with van der Waals surface area (Å²) in [5.41, 5.74) is 6.36. The molecule has 1 aromatic heterocycles. The summed E-state index contributed by atoms with van der Waals surface area (Å²) in [7, 11) is 0. The molecule has 4 heteroatoms. The van der Waals surface area contributed by atoms with Gasteiger partial charge in [0, 0.05) is 4.88 Å². The van der Waals surface area contributed by atoms with Gasteiger partial charge in [-0.15, -0.1) is 11.3 Å². The van der Waals surface area contributed by atoms with Gasteiger partial charge in [0.15, 0.2) is 5.96 Å². The van der Waals surface area contributed by atoms with Crippen LogP contribution in [-0.2, 0) is 6.54 Å². The van der Waals surface area contributed by atoms with Gasteiger partial charge in [0.25, 0.3) is 0 Å². The van der Waals surface area contributed by atoms with Crippen LogP contribution in [0.1, 0.15) is 43.4 Å². The van der Waals surface area contributed by atoms with Gasteiger partial charge in [-0.2, -0.15) is 0 Å². The minimum absolute atomic E-state index is 0.227. The molecule has 0 unspecified atom stereocenters. The topological polar surface area (TPSA) is 41.6 Å². The van der Waals surface area contributed by atoms with E-state index in [9.17, 15) is 0 Å². The summed E-state index contributed by atoms with van der Waals surface area (Å²) in [5.74, 6) is 0.755. The maximum atomic E-state index is 6.13. The molecular weight excluding hydrogens is 242 g/mol. The van der Waals surface area contributed by atoms with E-state index in [2.05, 4.69) is 27.4 Å². The van der Waals surface area contributed by atoms with Crippen LogP contribution in [0.15, 0.2) is 22.5 Å². The molecule has 1 spiro atoms. The first kappa shape index (κ1) is 12.0. The summed E-state index contributed by atoms with van der Waals surface area (Å²) in [5, 5.41) is 2.14. The van der Waals surface area contributed by atoms with E-state index in [0.717, 1.165) is 19.0 Å². The molecule has 1 aromatic rings. The van der Waals surface area contributed by atoms with E-state index >= 15 is 0 Å². The average molecular weight is 263 g/mol. The van der Waals surface area contributed by atoms with Crippen molar-refractivity contribution in [2.45, 2.75) is 50.6 Å². The van der Waals surface area contributed by atoms with Crippen molar-refractivity contribution < 1.29 is 0 Å². The first-order chi connectivity index (χ1) is 8.80. The average Bonchev–Trinajstić information content (AvgIpc) is 2.90. The molecule has 2 aliphatic rings. The lowest BCUT2D eigenvalue weighted by Gasteiger charge is -2.38. The van der Waals surface area contributed by atoms with Crippen LogP contribution in [0.5, 0.6) is 0 Å². The van der Waals surface area contributed by atoms with Crippen LogP contribution >= 0.6 is 11.3 Å². The number of guanidine groups is 1. The Morgan fingerprint density at radius 3 is 2.72 bits per heavy atom. The van der Waals surface area contributed by atoms with Gasteiger partial charge in [0.1, 0.15) is 0 Å². The normalized spacial score (nSPS) is 23.1. The summed E-state index contributed by atoms with van der Waals surface area (Å²) >= 11 is 1.81. The van der Waals surface area contributed by atoms with Crippen molar-refractivity contribution in [3.63, 3.8) is 0 Å². The lowest BCUT2D eigenvalue weighted by atomic mass is 9.89. The van der Waals surface area contributed by atoms with Crippen molar-refractivity contribution in [1.29, 1.82) is 0 Å². The minimum Gasteiger partial charge on any atom is -0.370 e. The molecule has 1 aliphatic carbocycles. The van der Waals surface area contributed by atoms with E-state index < -0.39 is 0 Å². The monoisotopic (exact) mass is 263 g/mol. The molecule has 0 aromatic carbocycles. The molecule has 1 saturated carbocycles. The van der Waals surface area contributed by atoms with E-state index in [1.54, 1.807) is 0 Å². The standard InChI is InChI=1S/C14H21N3S/c15-13-16-11-14(7-3-1-2-4-8-14)17(13)10-12-6-5-9-18-12/h5-6,9H,1-4,7-8,10-11H2,(H2,15,16). The Morgan fingerprint density at radius 1 is 1.28 bits per heavy atom. The van der Waals surface area contributed by atoms with Crippen LogP contribution in [0.25, 0.3) is 0 Å². The van der Waals surface area contributed by atoms with E-state index in [1.807, 2.05) is 11.3 Å². The van der Waals surface area contributed by atoms with Gasteiger partial charge in [-0.25, -0.2) is 0 Å². The lowest BCUT2D eigenvalue weighted by Crippen LogP contribution is -2.50. The van der Waals surface area contributed by atoms with Gasteiger partial charge in [-0.1, -0.05) is 31.7 Å². The molecule has 2 N–H and O–H groups in total. The molecule has 98 valence electrons. The number of aliphatic imine (C=N–C) groups is 1. The third-order valence-corrected chi connectivity index (χ3v) is 5.17. The second-order valence-electron chi connectivity index (χ2n) is 5.48. The van der Waals surface area contributed by atoms with Crippen LogP contribution in [-0.4, -0.2) is 22.9 Å². The first-order valence-electron chi connectivity index (χ1n) is 6.90. The highest BCUT2D eigenvalue weighted by molar-refractivity contribution is 7.09. The number of nitrogens with two attached hydrogens (primary N) is 1. The number of hydrogen-bond acceptors (Lipinski definition) is 4. The third-order valence-electron chi connectivity index (χ3n) is 4.31. The van der Waals surface area contributed by atoms with Crippen molar-refractivity contribution in [1.82, 2.24) is 4.90 Å². The van der Waals surface area contributed by atoms with Crippen LogP contribution in [0.3, 0.4) is 0 Å². The van der Waals surface area contributed by atoms with Crippen molar-refractivity contribution in [3.05, 3.63) is 22.4 Å². The molecule has 3 rings (SSSR count). The molecule has 0 bridgehead atoms. The Bertz CT molecular complexity index is 416. The lowest BCUT2D eigenvalue weighted by molar-refractivity contribution is 0.169. The van der Waals surface area contributed by atoms with Gasteiger partial charge in [-0.3, -0.25) is 4.99 Å². The number of rotatable bonds is 2. The van der Waals surface area contributed by atoms with Crippen LogP contribution in [0.4, 0.5) is 0 Å². The summed E-state index contributed by atoms with van der Waals surface area (Å²) in [6.45, 7) is 1.84. The van der Waals surface area contributed by atoms with E-state index in [4.69, 9.17) is 5.73 Å². The zero-order valence-electron chi connectivity index (χ0n) is 10.8. The Morgan fingerprint density at radius 2 is 2.06 bits per heavy atom. The van der Waals surface area contributed by atoms with E-state index in [1.165, 1.54) is 43.4 Å². The van der Waals surface area contributed by atoms with Crippen LogP contribution in [0.2, 0.25) is 0 Å². The largest absolute Gasteiger partial charge is 0.370 e. The zero-order valence-corrected chi connectivity index (χ0v) is 11.6. The van der Waals surface area contributed by atoms with Gasteiger partial charge in [-0.05, 0) is 24.3 Å². The van der Waals surface area contributed by atoms with E-state index in [-0.39, 0.29) is 5.54 Å². The Balaban J connectivity index is 1.81. The smallest absolute Gasteiger partial charge is 0.192 e. The van der Waals surface area contributed by atoms with Crippen LogP contribution < -0.4 is 5.73 Å². The number of hydrogen-bond donors (Lipinski definition) is 1. The Kier molecular flexibility index (Phi) is 3.29. The minimum atomic E-state index is 0.227. The SMILES string of the molecule is NC1=NCC2(CCCCCC2)N1Cc1cccs1.